The number of rotatable bonds is 4. The number of nitrogen functional groups attached to an aromatic ring is 1. The fourth-order valence-electron chi connectivity index (χ4n) is 2.35. The number of imidazole rings is 1. The molecule has 0 radical (unpaired) electrons. The normalized spacial score (nSPS) is 22.5. The molecule has 0 aliphatic carbocycles. The van der Waals surface area contributed by atoms with Crippen LogP contribution in [0.5, 0.6) is 0 Å². The van der Waals surface area contributed by atoms with Crippen LogP contribution in [0.2, 0.25) is 0 Å². The quantitative estimate of drug-likeness (QED) is 0.539. The number of nitrogens with two attached hydrogens (primary N) is 1. The number of phosphoric ester groups is 1. The molecule has 12 heteroatoms. The first-order valence-corrected chi connectivity index (χ1v) is 7.94. The lowest BCUT2D eigenvalue weighted by Gasteiger charge is -2.15. The van der Waals surface area contributed by atoms with Crippen LogP contribution in [-0.2, 0) is 13.8 Å². The first kappa shape index (κ1) is 15.1. The summed E-state index contributed by atoms with van der Waals surface area (Å²) in [7, 11) is -4.52. The summed E-state index contributed by atoms with van der Waals surface area (Å²) in [4.78, 5) is 39.4. The Morgan fingerprint density at radius 1 is 1.55 bits per heavy atom. The molecule has 120 valence electrons. The maximum atomic E-state index is 11.7. The van der Waals surface area contributed by atoms with Crippen LogP contribution in [0.15, 0.2) is 11.1 Å². The highest BCUT2D eigenvalue weighted by molar-refractivity contribution is 7.46. The predicted molar refractivity (Wildman–Crippen MR) is 73.7 cm³/mol. The number of hydrogen-bond acceptors (Lipinski definition) is 7. The lowest BCUT2D eigenvalue weighted by molar-refractivity contribution is -0.0205. The van der Waals surface area contributed by atoms with E-state index in [4.69, 9.17) is 20.3 Å². The van der Waals surface area contributed by atoms with Crippen LogP contribution in [0.25, 0.3) is 11.2 Å². The van der Waals surface area contributed by atoms with Gasteiger partial charge < -0.3 is 20.3 Å². The molecule has 0 saturated carbocycles. The van der Waals surface area contributed by atoms with Crippen molar-refractivity contribution >= 4 is 24.9 Å². The Bertz CT molecular complexity index is 797. The number of anilines is 1. The summed E-state index contributed by atoms with van der Waals surface area (Å²) in [5.74, 6) is -0.0290. The van der Waals surface area contributed by atoms with Crippen molar-refractivity contribution < 1.29 is 23.6 Å². The molecule has 0 aromatic carbocycles. The van der Waals surface area contributed by atoms with Gasteiger partial charge in [0.1, 0.15) is 6.23 Å². The Hall–Kier alpha value is -1.78. The maximum absolute atomic E-state index is 11.7. The van der Waals surface area contributed by atoms with Gasteiger partial charge in [0.05, 0.1) is 19.0 Å². The molecule has 2 aromatic rings. The van der Waals surface area contributed by atoms with Gasteiger partial charge in [0.15, 0.2) is 11.2 Å². The van der Waals surface area contributed by atoms with Crippen molar-refractivity contribution in [2.45, 2.75) is 25.2 Å². The molecule has 3 rings (SSSR count). The first-order chi connectivity index (χ1) is 10.3. The van der Waals surface area contributed by atoms with Crippen LogP contribution >= 0.6 is 7.82 Å². The minimum Gasteiger partial charge on any atom is -0.369 e. The molecular formula is C10H14N5O6P. The van der Waals surface area contributed by atoms with Crippen LogP contribution in [0, 0.1) is 0 Å². The van der Waals surface area contributed by atoms with E-state index < -0.39 is 25.7 Å². The Kier molecular flexibility index (Phi) is 3.75. The van der Waals surface area contributed by atoms with Crippen LogP contribution in [0.1, 0.15) is 19.1 Å². The zero-order valence-electron chi connectivity index (χ0n) is 11.2. The van der Waals surface area contributed by atoms with E-state index >= 15 is 0 Å². The zero-order valence-corrected chi connectivity index (χ0v) is 12.1. The molecule has 1 fully saturated rings. The van der Waals surface area contributed by atoms with Gasteiger partial charge in [0.2, 0.25) is 5.95 Å². The van der Waals surface area contributed by atoms with Crippen LogP contribution in [0.4, 0.5) is 5.95 Å². The number of fused-ring (bicyclic) bond motifs is 1. The van der Waals surface area contributed by atoms with Crippen molar-refractivity contribution in [3.8, 4) is 0 Å². The Labute approximate surface area is 123 Å². The summed E-state index contributed by atoms with van der Waals surface area (Å²) in [5.41, 5.74) is 5.52. The van der Waals surface area contributed by atoms with E-state index in [0.29, 0.717) is 18.5 Å². The summed E-state index contributed by atoms with van der Waals surface area (Å²) < 4.78 is 22.3. The Morgan fingerprint density at radius 2 is 2.32 bits per heavy atom. The molecule has 0 amide bonds. The fourth-order valence-corrected chi connectivity index (χ4v) is 2.71. The monoisotopic (exact) mass is 331 g/mol. The second kappa shape index (κ2) is 5.45. The highest BCUT2D eigenvalue weighted by Crippen LogP contribution is 2.38. The third-order valence-electron chi connectivity index (χ3n) is 3.27. The maximum Gasteiger partial charge on any atom is 0.469 e. The number of aromatic nitrogens is 4. The number of ether oxygens (including phenoxy) is 1. The average molecular weight is 331 g/mol. The fraction of sp³-hybridized carbons (Fsp3) is 0.500. The third kappa shape index (κ3) is 3.03. The zero-order chi connectivity index (χ0) is 15.9. The Morgan fingerprint density at radius 3 is 3.05 bits per heavy atom. The van der Waals surface area contributed by atoms with Crippen molar-refractivity contribution in [2.75, 3.05) is 12.3 Å². The topological polar surface area (TPSA) is 166 Å². The van der Waals surface area contributed by atoms with Crippen molar-refractivity contribution in [2.24, 2.45) is 0 Å². The van der Waals surface area contributed by atoms with Crippen LogP contribution in [-0.4, -0.2) is 42.0 Å². The molecule has 1 saturated heterocycles. The molecule has 22 heavy (non-hydrogen) atoms. The highest BCUT2D eigenvalue weighted by atomic mass is 31.2. The number of aromatic amines is 1. The third-order valence-corrected chi connectivity index (χ3v) is 3.76. The molecule has 11 nitrogen and oxygen atoms in total. The van der Waals surface area contributed by atoms with E-state index in [-0.39, 0.29) is 18.1 Å². The summed E-state index contributed by atoms with van der Waals surface area (Å²) in [6.07, 6.45) is 1.61. The van der Waals surface area contributed by atoms with Gasteiger partial charge in [-0.15, -0.1) is 0 Å². The minimum atomic E-state index is -4.52. The number of nitrogens with zero attached hydrogens (tertiary/aromatic N) is 3. The Balaban J connectivity index is 1.79. The molecule has 0 spiro atoms. The average Bonchev–Trinajstić information content (AvgIpc) is 3.01. The molecule has 0 bridgehead atoms. The minimum absolute atomic E-state index is 0.0290. The van der Waals surface area contributed by atoms with Gasteiger partial charge in [-0.2, -0.15) is 4.98 Å². The summed E-state index contributed by atoms with van der Waals surface area (Å²) in [5, 5.41) is 0. The van der Waals surface area contributed by atoms with Gasteiger partial charge in [0, 0.05) is 0 Å². The largest absolute Gasteiger partial charge is 0.469 e. The summed E-state index contributed by atoms with van der Waals surface area (Å²) in [6, 6.07) is 0. The first-order valence-electron chi connectivity index (χ1n) is 6.41. The molecular weight excluding hydrogens is 317 g/mol. The molecule has 2 aromatic heterocycles. The lowest BCUT2D eigenvalue weighted by atomic mass is 10.2. The van der Waals surface area contributed by atoms with E-state index in [0.717, 1.165) is 0 Å². The van der Waals surface area contributed by atoms with Crippen molar-refractivity contribution in [3.63, 3.8) is 0 Å². The van der Waals surface area contributed by atoms with E-state index in [9.17, 15) is 9.36 Å². The molecule has 1 aliphatic rings. The smallest absolute Gasteiger partial charge is 0.369 e. The van der Waals surface area contributed by atoms with Gasteiger partial charge in [-0.25, -0.2) is 9.55 Å². The number of H-pyrrole nitrogens is 1. The van der Waals surface area contributed by atoms with Gasteiger partial charge in [-0.1, -0.05) is 0 Å². The van der Waals surface area contributed by atoms with Crippen LogP contribution in [0.3, 0.4) is 0 Å². The number of phosphoric acid groups is 1. The summed E-state index contributed by atoms with van der Waals surface area (Å²) in [6.45, 7) is -0.219. The molecule has 0 unspecified atom stereocenters. The van der Waals surface area contributed by atoms with Gasteiger partial charge in [-0.05, 0) is 12.8 Å². The van der Waals surface area contributed by atoms with E-state index in [1.54, 1.807) is 4.57 Å². The van der Waals surface area contributed by atoms with Gasteiger partial charge in [0.25, 0.3) is 5.56 Å². The van der Waals surface area contributed by atoms with Crippen molar-refractivity contribution in [3.05, 3.63) is 16.7 Å². The number of hydrogen-bond donors (Lipinski definition) is 4. The SMILES string of the molecule is Nc1nc2c(ncn2[C@H]2CC[C@@H](COP(=O)(O)O)O2)c(=O)[nH]1. The van der Waals surface area contributed by atoms with Crippen molar-refractivity contribution in [1.29, 1.82) is 0 Å². The summed E-state index contributed by atoms with van der Waals surface area (Å²) >= 11 is 0. The van der Waals surface area contributed by atoms with Crippen LogP contribution < -0.4 is 11.3 Å². The van der Waals surface area contributed by atoms with E-state index in [2.05, 4.69) is 19.5 Å². The second-order valence-corrected chi connectivity index (χ2v) is 6.09. The molecule has 3 heterocycles. The van der Waals surface area contributed by atoms with E-state index in [1.807, 2.05) is 0 Å². The molecule has 5 N–H and O–H groups in total. The second-order valence-electron chi connectivity index (χ2n) is 4.85. The number of nitrogens with one attached hydrogen (secondary N) is 1. The lowest BCUT2D eigenvalue weighted by Crippen LogP contribution is -2.17. The van der Waals surface area contributed by atoms with E-state index in [1.165, 1.54) is 6.33 Å². The van der Waals surface area contributed by atoms with Gasteiger partial charge in [-0.3, -0.25) is 18.9 Å². The van der Waals surface area contributed by atoms with Gasteiger partial charge >= 0.3 is 7.82 Å². The molecule has 1 aliphatic heterocycles. The predicted octanol–water partition coefficient (Wildman–Crippen LogP) is -0.511. The van der Waals surface area contributed by atoms with Crippen molar-refractivity contribution in [1.82, 2.24) is 19.5 Å². The molecule has 2 atom stereocenters. The standard InChI is InChI=1S/C10H14N5O6P/c11-10-13-8-7(9(16)14-10)12-4-15(8)6-2-1-5(21-6)3-20-22(17,18)19/h4-6H,1-3H2,(H2,17,18,19)(H3,11,13,14,16)/t5-,6+/m0/s1. The highest BCUT2D eigenvalue weighted by Gasteiger charge is 2.30.